The van der Waals surface area contributed by atoms with Crippen LogP contribution >= 0.6 is 0 Å². The molecule has 2 aromatic heterocycles. The number of halogens is 1. The van der Waals surface area contributed by atoms with Gasteiger partial charge in [-0.15, -0.1) is 0 Å². The number of hydrogen-bond acceptors (Lipinski definition) is 6. The van der Waals surface area contributed by atoms with Crippen LogP contribution in [-0.4, -0.2) is 52.1 Å². The molecule has 2 aliphatic rings. The third kappa shape index (κ3) is 3.77. The summed E-state index contributed by atoms with van der Waals surface area (Å²) in [6.45, 7) is 3.69. The first-order valence-corrected chi connectivity index (χ1v) is 10.7. The van der Waals surface area contributed by atoms with Gasteiger partial charge in [0.1, 0.15) is 28.9 Å². The average Bonchev–Trinajstić information content (AvgIpc) is 3.29. The van der Waals surface area contributed by atoms with Crippen LogP contribution in [0.5, 0.6) is 0 Å². The van der Waals surface area contributed by atoms with Gasteiger partial charge in [0.25, 0.3) is 5.56 Å². The molecule has 158 valence electrons. The molecule has 2 unspecified atom stereocenters. The van der Waals surface area contributed by atoms with Gasteiger partial charge in [-0.25, -0.2) is 14.4 Å². The smallest absolute Gasteiger partial charge is 0.261 e. The normalized spacial score (nSPS) is 22.0. The van der Waals surface area contributed by atoms with Crippen LogP contribution in [0.4, 0.5) is 10.2 Å². The van der Waals surface area contributed by atoms with Crippen LogP contribution < -0.4 is 10.5 Å². The summed E-state index contributed by atoms with van der Waals surface area (Å²) >= 11 is 0. The number of H-pyrrole nitrogens is 1. The second-order valence-corrected chi connectivity index (χ2v) is 8.29. The minimum absolute atomic E-state index is 0.0355. The quantitative estimate of drug-likeness (QED) is 0.704. The molecule has 1 aromatic carbocycles. The maximum Gasteiger partial charge on any atom is 0.261 e. The second kappa shape index (κ2) is 8.08. The monoisotopic (exact) mass is 418 g/mol. The summed E-state index contributed by atoms with van der Waals surface area (Å²) in [7, 11) is 0. The Balaban J connectivity index is 1.24. The van der Waals surface area contributed by atoms with E-state index in [9.17, 15) is 9.18 Å². The molecule has 0 bridgehead atoms. The Kier molecular flexibility index (Phi) is 5.12. The fourth-order valence-corrected chi connectivity index (χ4v) is 4.85. The fraction of sp³-hybridized carbons (Fsp3) is 0.391. The molecule has 2 fully saturated rings. The standard InChI is InChI=1S/C23H23FN6O/c24-18-2-1-3-19-21(18)23(31)28-22(27-19)16-5-6-17(12-16)29-8-10-30(11-9-29)20-7-4-15(13-25)14-26-20/h1-4,7,14,16-17H,5-6,8-12H2,(H,27,28,31). The van der Waals surface area contributed by atoms with Crippen molar-refractivity contribution in [2.45, 2.75) is 31.2 Å². The average molecular weight is 418 g/mol. The van der Waals surface area contributed by atoms with Crippen molar-refractivity contribution in [3.05, 3.63) is 64.1 Å². The summed E-state index contributed by atoms with van der Waals surface area (Å²) in [5, 5.41) is 8.96. The van der Waals surface area contributed by atoms with Crippen LogP contribution in [0.25, 0.3) is 10.9 Å². The molecule has 7 nitrogen and oxygen atoms in total. The summed E-state index contributed by atoms with van der Waals surface area (Å²) in [5.41, 5.74) is 0.596. The molecule has 1 saturated carbocycles. The van der Waals surface area contributed by atoms with Gasteiger partial charge in [0, 0.05) is 44.3 Å². The predicted octanol–water partition coefficient (Wildman–Crippen LogP) is 2.79. The largest absolute Gasteiger partial charge is 0.354 e. The number of pyridine rings is 1. The number of nitriles is 1. The van der Waals surface area contributed by atoms with E-state index in [1.54, 1.807) is 24.4 Å². The summed E-state index contributed by atoms with van der Waals surface area (Å²) < 4.78 is 14.0. The molecule has 3 heterocycles. The van der Waals surface area contributed by atoms with Crippen LogP contribution in [0.1, 0.15) is 36.6 Å². The number of benzene rings is 1. The minimum atomic E-state index is -0.531. The number of hydrogen-bond donors (Lipinski definition) is 1. The number of aromatic nitrogens is 3. The molecule has 0 amide bonds. The van der Waals surface area contributed by atoms with E-state index in [0.29, 0.717) is 22.9 Å². The van der Waals surface area contributed by atoms with Crippen molar-refractivity contribution >= 4 is 16.7 Å². The summed E-state index contributed by atoms with van der Waals surface area (Å²) in [6.07, 6.45) is 4.59. The van der Waals surface area contributed by atoms with Crippen molar-refractivity contribution < 1.29 is 4.39 Å². The van der Waals surface area contributed by atoms with E-state index >= 15 is 0 Å². The molecule has 2 atom stereocenters. The van der Waals surface area contributed by atoms with Crippen LogP contribution in [0.15, 0.2) is 41.3 Å². The molecule has 3 aromatic rings. The molecule has 1 aliphatic heterocycles. The highest BCUT2D eigenvalue weighted by Crippen LogP contribution is 2.36. The number of nitrogens with one attached hydrogen (secondary N) is 1. The molecule has 1 saturated heterocycles. The van der Waals surface area contributed by atoms with Crippen molar-refractivity contribution in [1.29, 1.82) is 5.26 Å². The Morgan fingerprint density at radius 3 is 2.71 bits per heavy atom. The lowest BCUT2D eigenvalue weighted by molar-refractivity contribution is 0.185. The molecule has 1 aliphatic carbocycles. The first-order chi connectivity index (χ1) is 15.1. The van der Waals surface area contributed by atoms with Crippen LogP contribution in [0.3, 0.4) is 0 Å². The summed E-state index contributed by atoms with van der Waals surface area (Å²) in [5.74, 6) is 1.24. The highest BCUT2D eigenvalue weighted by Gasteiger charge is 2.33. The van der Waals surface area contributed by atoms with Gasteiger partial charge in [-0.3, -0.25) is 9.69 Å². The van der Waals surface area contributed by atoms with Gasteiger partial charge in [0.05, 0.1) is 11.1 Å². The Morgan fingerprint density at radius 1 is 1.13 bits per heavy atom. The van der Waals surface area contributed by atoms with Crippen molar-refractivity contribution in [1.82, 2.24) is 19.9 Å². The Morgan fingerprint density at radius 2 is 1.97 bits per heavy atom. The zero-order valence-electron chi connectivity index (χ0n) is 17.1. The lowest BCUT2D eigenvalue weighted by atomic mass is 10.1. The lowest BCUT2D eigenvalue weighted by Crippen LogP contribution is -2.50. The number of piperazine rings is 1. The van der Waals surface area contributed by atoms with Crippen LogP contribution in [0, 0.1) is 17.1 Å². The Hall–Kier alpha value is -3.31. The van der Waals surface area contributed by atoms with Crippen molar-refractivity contribution in [3.63, 3.8) is 0 Å². The van der Waals surface area contributed by atoms with E-state index in [-0.39, 0.29) is 11.3 Å². The zero-order valence-corrected chi connectivity index (χ0v) is 17.1. The van der Waals surface area contributed by atoms with Crippen LogP contribution in [-0.2, 0) is 0 Å². The number of rotatable bonds is 3. The zero-order chi connectivity index (χ0) is 21.4. The van der Waals surface area contributed by atoms with Gasteiger partial charge < -0.3 is 9.88 Å². The van der Waals surface area contributed by atoms with Crippen molar-refractivity contribution in [2.75, 3.05) is 31.1 Å². The van der Waals surface area contributed by atoms with E-state index in [1.165, 1.54) is 6.07 Å². The van der Waals surface area contributed by atoms with Gasteiger partial charge in [0.2, 0.25) is 0 Å². The molecular formula is C23H23FN6O. The number of aromatic amines is 1. The Labute approximate surface area is 179 Å². The SMILES string of the molecule is N#Cc1ccc(N2CCN(C3CCC(c4nc5cccc(F)c5c(=O)[nH]4)C3)CC2)nc1. The third-order valence-electron chi connectivity index (χ3n) is 6.52. The number of nitrogens with zero attached hydrogens (tertiary/aromatic N) is 5. The van der Waals surface area contributed by atoms with Gasteiger partial charge >= 0.3 is 0 Å². The van der Waals surface area contributed by atoms with E-state index in [2.05, 4.69) is 30.8 Å². The molecule has 0 spiro atoms. The van der Waals surface area contributed by atoms with E-state index in [1.807, 2.05) is 6.07 Å². The summed E-state index contributed by atoms with van der Waals surface area (Å²) in [4.78, 5) is 29.0. The fourth-order valence-electron chi connectivity index (χ4n) is 4.85. The van der Waals surface area contributed by atoms with Crippen molar-refractivity contribution in [3.8, 4) is 6.07 Å². The topological polar surface area (TPSA) is 88.9 Å². The number of anilines is 1. The highest BCUT2D eigenvalue weighted by atomic mass is 19.1. The maximum absolute atomic E-state index is 14.0. The molecule has 1 N–H and O–H groups in total. The summed E-state index contributed by atoms with van der Waals surface area (Å²) in [6, 6.07) is 10.8. The molecule has 0 radical (unpaired) electrons. The maximum atomic E-state index is 14.0. The molecule has 31 heavy (non-hydrogen) atoms. The minimum Gasteiger partial charge on any atom is -0.354 e. The highest BCUT2D eigenvalue weighted by molar-refractivity contribution is 5.78. The first-order valence-electron chi connectivity index (χ1n) is 10.7. The van der Waals surface area contributed by atoms with Gasteiger partial charge in [-0.05, 0) is 43.5 Å². The van der Waals surface area contributed by atoms with E-state index in [0.717, 1.165) is 51.3 Å². The predicted molar refractivity (Wildman–Crippen MR) is 115 cm³/mol. The molecular weight excluding hydrogens is 395 g/mol. The van der Waals surface area contributed by atoms with Crippen LogP contribution in [0.2, 0.25) is 0 Å². The van der Waals surface area contributed by atoms with Gasteiger partial charge in [-0.2, -0.15) is 5.26 Å². The molecule has 5 rings (SSSR count). The second-order valence-electron chi connectivity index (χ2n) is 8.29. The third-order valence-corrected chi connectivity index (χ3v) is 6.52. The van der Waals surface area contributed by atoms with Gasteiger partial charge in [-0.1, -0.05) is 6.07 Å². The molecule has 8 heteroatoms. The lowest BCUT2D eigenvalue weighted by Gasteiger charge is -2.38. The van der Waals surface area contributed by atoms with E-state index < -0.39 is 11.4 Å². The Bertz CT molecular complexity index is 1190. The van der Waals surface area contributed by atoms with E-state index in [4.69, 9.17) is 5.26 Å². The first kappa shape index (κ1) is 19.6. The van der Waals surface area contributed by atoms with Crippen molar-refractivity contribution in [2.24, 2.45) is 0 Å². The number of fused-ring (bicyclic) bond motifs is 1. The van der Waals surface area contributed by atoms with Gasteiger partial charge in [0.15, 0.2) is 0 Å².